The minimum atomic E-state index is 0.648. The van der Waals surface area contributed by atoms with E-state index in [4.69, 9.17) is 10.5 Å². The van der Waals surface area contributed by atoms with Crippen molar-refractivity contribution in [3.63, 3.8) is 0 Å². The smallest absolute Gasteiger partial charge is 0.144 e. The molecule has 0 aliphatic heterocycles. The maximum atomic E-state index is 6.15. The van der Waals surface area contributed by atoms with Crippen LogP contribution in [0.5, 0.6) is 5.75 Å². The van der Waals surface area contributed by atoms with Crippen molar-refractivity contribution in [2.75, 3.05) is 30.3 Å². The molecule has 0 heterocycles. The zero-order valence-electron chi connectivity index (χ0n) is 11.2. The second kappa shape index (κ2) is 7.05. The second-order valence-corrected chi connectivity index (χ2v) is 4.06. The monoisotopic (exact) mass is 236 g/mol. The zero-order chi connectivity index (χ0) is 12.7. The lowest BCUT2D eigenvalue weighted by Gasteiger charge is -2.25. The number of para-hydroxylation sites is 1. The van der Waals surface area contributed by atoms with Gasteiger partial charge in [-0.2, -0.15) is 0 Å². The van der Waals surface area contributed by atoms with E-state index in [1.165, 1.54) is 12.8 Å². The lowest BCUT2D eigenvalue weighted by Crippen LogP contribution is -2.24. The molecule has 0 aliphatic rings. The number of rotatable bonds is 7. The molecule has 0 spiro atoms. The first-order valence-electron chi connectivity index (χ1n) is 6.50. The second-order valence-electron chi connectivity index (χ2n) is 4.06. The molecule has 0 bridgehead atoms. The number of nitrogens with zero attached hydrogens (tertiary/aromatic N) is 1. The summed E-state index contributed by atoms with van der Waals surface area (Å²) in [6.45, 7) is 9.00. The molecule has 3 heteroatoms. The van der Waals surface area contributed by atoms with Crippen molar-refractivity contribution in [3.8, 4) is 5.75 Å². The van der Waals surface area contributed by atoms with Crippen molar-refractivity contribution >= 4 is 11.4 Å². The van der Waals surface area contributed by atoms with E-state index >= 15 is 0 Å². The third-order valence-electron chi connectivity index (χ3n) is 2.85. The highest BCUT2D eigenvalue weighted by Crippen LogP contribution is 2.32. The van der Waals surface area contributed by atoms with Crippen LogP contribution in [0.3, 0.4) is 0 Å². The number of unbranched alkanes of at least 4 members (excludes halogenated alkanes) is 1. The normalized spacial score (nSPS) is 10.3. The molecule has 1 aromatic rings. The molecule has 0 unspecified atom stereocenters. The van der Waals surface area contributed by atoms with Gasteiger partial charge in [0.1, 0.15) is 5.75 Å². The van der Waals surface area contributed by atoms with E-state index in [1.807, 2.05) is 19.1 Å². The Bertz CT molecular complexity index is 339. The molecular formula is C14H24N2O. The minimum absolute atomic E-state index is 0.648. The van der Waals surface area contributed by atoms with Gasteiger partial charge in [-0.1, -0.05) is 19.4 Å². The van der Waals surface area contributed by atoms with E-state index in [9.17, 15) is 0 Å². The quantitative estimate of drug-likeness (QED) is 0.738. The van der Waals surface area contributed by atoms with Gasteiger partial charge >= 0.3 is 0 Å². The fraction of sp³-hybridized carbons (Fsp3) is 0.571. The number of hydrogen-bond acceptors (Lipinski definition) is 3. The third kappa shape index (κ3) is 3.55. The molecule has 0 saturated heterocycles. The Morgan fingerprint density at radius 1 is 1.24 bits per heavy atom. The van der Waals surface area contributed by atoms with E-state index in [2.05, 4.69) is 24.8 Å². The van der Waals surface area contributed by atoms with Crippen LogP contribution in [0.25, 0.3) is 0 Å². The summed E-state index contributed by atoms with van der Waals surface area (Å²) in [6.07, 6.45) is 2.38. The van der Waals surface area contributed by atoms with Gasteiger partial charge in [0.2, 0.25) is 0 Å². The molecule has 1 aromatic carbocycles. The molecule has 96 valence electrons. The number of ether oxygens (including phenoxy) is 1. The van der Waals surface area contributed by atoms with Crippen LogP contribution in [-0.2, 0) is 0 Å². The van der Waals surface area contributed by atoms with Gasteiger partial charge in [-0.05, 0) is 32.4 Å². The topological polar surface area (TPSA) is 38.5 Å². The molecule has 0 saturated carbocycles. The highest BCUT2D eigenvalue weighted by atomic mass is 16.5. The van der Waals surface area contributed by atoms with Crippen LogP contribution in [0.4, 0.5) is 11.4 Å². The molecule has 0 aromatic heterocycles. The Balaban J connectivity index is 2.90. The zero-order valence-corrected chi connectivity index (χ0v) is 11.2. The van der Waals surface area contributed by atoms with Gasteiger partial charge in [0.05, 0.1) is 18.0 Å². The summed E-state index contributed by atoms with van der Waals surface area (Å²) in [5, 5.41) is 0. The Kier molecular flexibility index (Phi) is 5.67. The first-order valence-corrected chi connectivity index (χ1v) is 6.50. The molecule has 3 nitrogen and oxygen atoms in total. The Labute approximate surface area is 105 Å². The molecule has 2 N–H and O–H groups in total. The van der Waals surface area contributed by atoms with Crippen LogP contribution in [0, 0.1) is 0 Å². The van der Waals surface area contributed by atoms with Crippen LogP contribution in [-0.4, -0.2) is 19.7 Å². The van der Waals surface area contributed by atoms with Gasteiger partial charge < -0.3 is 15.4 Å². The summed E-state index contributed by atoms with van der Waals surface area (Å²) in [6, 6.07) is 6.00. The number of nitrogens with two attached hydrogens (primary N) is 1. The maximum Gasteiger partial charge on any atom is 0.144 e. The van der Waals surface area contributed by atoms with Crippen molar-refractivity contribution in [1.82, 2.24) is 0 Å². The molecular weight excluding hydrogens is 212 g/mol. The maximum absolute atomic E-state index is 6.15. The van der Waals surface area contributed by atoms with E-state index in [-0.39, 0.29) is 0 Å². The summed E-state index contributed by atoms with van der Waals surface area (Å²) >= 11 is 0. The van der Waals surface area contributed by atoms with Crippen molar-refractivity contribution in [3.05, 3.63) is 18.2 Å². The largest absolute Gasteiger partial charge is 0.492 e. The van der Waals surface area contributed by atoms with E-state index in [1.54, 1.807) is 0 Å². The van der Waals surface area contributed by atoms with E-state index in [0.717, 1.165) is 30.2 Å². The lowest BCUT2D eigenvalue weighted by molar-refractivity contribution is 0.342. The van der Waals surface area contributed by atoms with Gasteiger partial charge in [0, 0.05) is 13.1 Å². The summed E-state index contributed by atoms with van der Waals surface area (Å²) < 4.78 is 5.52. The molecule has 1 rings (SSSR count). The number of anilines is 2. The number of nitrogen functional groups attached to an aromatic ring is 1. The van der Waals surface area contributed by atoms with Gasteiger partial charge in [-0.15, -0.1) is 0 Å². The summed E-state index contributed by atoms with van der Waals surface area (Å²) in [7, 11) is 0. The van der Waals surface area contributed by atoms with E-state index < -0.39 is 0 Å². The summed E-state index contributed by atoms with van der Waals surface area (Å²) in [5.74, 6) is 0.792. The Hall–Kier alpha value is -1.38. The highest BCUT2D eigenvalue weighted by Gasteiger charge is 2.11. The predicted molar refractivity (Wildman–Crippen MR) is 74.8 cm³/mol. The first-order chi connectivity index (χ1) is 8.24. The van der Waals surface area contributed by atoms with E-state index in [0.29, 0.717) is 6.61 Å². The van der Waals surface area contributed by atoms with Crippen molar-refractivity contribution < 1.29 is 4.74 Å². The third-order valence-corrected chi connectivity index (χ3v) is 2.85. The van der Waals surface area contributed by atoms with Gasteiger partial charge in [-0.3, -0.25) is 0 Å². The average Bonchev–Trinajstić information content (AvgIpc) is 2.34. The van der Waals surface area contributed by atoms with Gasteiger partial charge in [0.15, 0.2) is 0 Å². The van der Waals surface area contributed by atoms with Crippen molar-refractivity contribution in [2.45, 2.75) is 33.6 Å². The highest BCUT2D eigenvalue weighted by molar-refractivity contribution is 5.74. The summed E-state index contributed by atoms with van der Waals surface area (Å²) in [5.41, 5.74) is 8.00. The van der Waals surface area contributed by atoms with Crippen LogP contribution in [0.15, 0.2) is 18.2 Å². The molecule has 0 atom stereocenters. The standard InChI is InChI=1S/C14H24N2O/c1-4-7-11-16(5-2)12-9-8-10-13(14(12)15)17-6-3/h8-10H,4-7,11,15H2,1-3H3. The average molecular weight is 236 g/mol. The van der Waals surface area contributed by atoms with Gasteiger partial charge in [-0.25, -0.2) is 0 Å². The molecule has 0 aliphatic carbocycles. The molecule has 0 amide bonds. The predicted octanol–water partition coefficient (Wildman–Crippen LogP) is 3.29. The molecule has 17 heavy (non-hydrogen) atoms. The molecule has 0 radical (unpaired) electrons. The summed E-state index contributed by atoms with van der Waals surface area (Å²) in [4.78, 5) is 2.31. The molecule has 0 fully saturated rings. The Morgan fingerprint density at radius 3 is 2.59 bits per heavy atom. The Morgan fingerprint density at radius 2 is 2.00 bits per heavy atom. The van der Waals surface area contributed by atoms with Crippen LogP contribution < -0.4 is 15.4 Å². The van der Waals surface area contributed by atoms with Gasteiger partial charge in [0.25, 0.3) is 0 Å². The SMILES string of the molecule is CCCCN(CC)c1cccc(OCC)c1N. The van der Waals surface area contributed by atoms with Crippen molar-refractivity contribution in [1.29, 1.82) is 0 Å². The van der Waals surface area contributed by atoms with Crippen molar-refractivity contribution in [2.24, 2.45) is 0 Å². The lowest BCUT2D eigenvalue weighted by atomic mass is 10.2. The first kappa shape index (κ1) is 13.7. The number of benzene rings is 1. The van der Waals surface area contributed by atoms with Crippen LogP contribution in [0.2, 0.25) is 0 Å². The van der Waals surface area contributed by atoms with Crippen LogP contribution >= 0.6 is 0 Å². The van der Waals surface area contributed by atoms with Crippen LogP contribution in [0.1, 0.15) is 33.6 Å². The number of hydrogen-bond donors (Lipinski definition) is 1. The minimum Gasteiger partial charge on any atom is -0.492 e. The fourth-order valence-corrected chi connectivity index (χ4v) is 1.89. The fourth-order valence-electron chi connectivity index (χ4n) is 1.89.